The highest BCUT2D eigenvalue weighted by molar-refractivity contribution is 7.15. The number of carbonyl (C=O) groups excluding carboxylic acids is 1. The molecule has 0 aliphatic heterocycles. The number of rotatable bonds is 6. The smallest absolute Gasteiger partial charge is 0.267 e. The summed E-state index contributed by atoms with van der Waals surface area (Å²) in [6.45, 7) is 0.573. The van der Waals surface area contributed by atoms with Crippen LogP contribution in [0.2, 0.25) is 0 Å². The van der Waals surface area contributed by atoms with E-state index >= 15 is 0 Å². The molecule has 0 saturated carbocycles. The minimum Gasteiger partial charge on any atom is -0.497 e. The molecule has 0 aliphatic carbocycles. The van der Waals surface area contributed by atoms with Gasteiger partial charge in [0.15, 0.2) is 0 Å². The van der Waals surface area contributed by atoms with Crippen LogP contribution in [-0.2, 0) is 13.5 Å². The molecule has 0 radical (unpaired) electrons. The Morgan fingerprint density at radius 2 is 2.21 bits per heavy atom. The van der Waals surface area contributed by atoms with Crippen molar-refractivity contribution in [1.82, 2.24) is 20.1 Å². The lowest BCUT2D eigenvalue weighted by molar-refractivity contribution is 0.0945. The number of nitrogens with two attached hydrogens (primary N) is 1. The zero-order valence-electron chi connectivity index (χ0n) is 13.6. The second-order valence-electron chi connectivity index (χ2n) is 5.41. The summed E-state index contributed by atoms with van der Waals surface area (Å²) >= 11 is 1.38. The maximum Gasteiger partial charge on any atom is 0.267 e. The monoisotopic (exact) mass is 345 g/mol. The van der Waals surface area contributed by atoms with Gasteiger partial charge in [0, 0.05) is 31.5 Å². The molecule has 2 aromatic heterocycles. The van der Waals surface area contributed by atoms with Gasteiger partial charge in [-0.1, -0.05) is 11.3 Å². The van der Waals surface area contributed by atoms with E-state index in [4.69, 9.17) is 10.5 Å². The van der Waals surface area contributed by atoms with Gasteiger partial charge in [-0.25, -0.2) is 0 Å². The average Bonchev–Trinajstić information content (AvgIpc) is 3.14. The number of carbonyl (C=O) groups is 1. The number of benzene rings is 1. The number of nitrogens with one attached hydrogen (secondary N) is 1. The van der Waals surface area contributed by atoms with Crippen LogP contribution in [0.4, 0.5) is 5.13 Å². The maximum absolute atomic E-state index is 12.4. The first-order valence-electron chi connectivity index (χ1n) is 7.58. The van der Waals surface area contributed by atoms with Crippen LogP contribution >= 0.6 is 11.3 Å². The van der Waals surface area contributed by atoms with Crippen LogP contribution in [0.3, 0.4) is 0 Å². The predicted molar refractivity (Wildman–Crippen MR) is 94.4 cm³/mol. The lowest BCUT2D eigenvalue weighted by Crippen LogP contribution is -2.26. The summed E-state index contributed by atoms with van der Waals surface area (Å²) in [5.74, 6) is 0.677. The van der Waals surface area contributed by atoms with Crippen molar-refractivity contribution in [3.05, 3.63) is 35.0 Å². The highest BCUT2D eigenvalue weighted by Crippen LogP contribution is 2.23. The molecular formula is C16H19N5O2S. The Morgan fingerprint density at radius 1 is 1.38 bits per heavy atom. The molecule has 0 aliphatic rings. The number of hydrogen-bond acceptors (Lipinski definition) is 6. The number of hydrogen-bond donors (Lipinski definition) is 2. The van der Waals surface area contributed by atoms with Crippen molar-refractivity contribution >= 4 is 33.3 Å². The van der Waals surface area contributed by atoms with Crippen LogP contribution in [0, 0.1) is 0 Å². The summed E-state index contributed by atoms with van der Waals surface area (Å²) in [7, 11) is 3.50. The normalized spacial score (nSPS) is 10.9. The minimum absolute atomic E-state index is 0.0931. The first-order chi connectivity index (χ1) is 11.6. The van der Waals surface area contributed by atoms with Crippen molar-refractivity contribution in [3.63, 3.8) is 0 Å². The molecule has 1 aromatic carbocycles. The highest BCUT2D eigenvalue weighted by atomic mass is 32.1. The topological polar surface area (TPSA) is 95.1 Å². The molecule has 0 spiro atoms. The Kier molecular flexibility index (Phi) is 4.66. The minimum atomic E-state index is -0.0931. The number of nitrogens with zero attached hydrogens (tertiary/aromatic N) is 3. The van der Waals surface area contributed by atoms with Crippen LogP contribution in [0.1, 0.15) is 21.9 Å². The predicted octanol–water partition coefficient (Wildman–Crippen LogP) is 1.98. The van der Waals surface area contributed by atoms with Crippen LogP contribution < -0.4 is 15.8 Å². The Balaban J connectivity index is 1.62. The van der Waals surface area contributed by atoms with Gasteiger partial charge in [-0.3, -0.25) is 4.79 Å². The van der Waals surface area contributed by atoms with Gasteiger partial charge < -0.3 is 20.4 Å². The first kappa shape index (κ1) is 16.3. The van der Waals surface area contributed by atoms with Crippen LogP contribution in [0.25, 0.3) is 10.9 Å². The van der Waals surface area contributed by atoms with Gasteiger partial charge in [-0.2, -0.15) is 0 Å². The molecule has 126 valence electrons. The maximum atomic E-state index is 12.4. The molecule has 0 unspecified atom stereocenters. The van der Waals surface area contributed by atoms with E-state index in [2.05, 4.69) is 15.5 Å². The fourth-order valence-corrected chi connectivity index (χ4v) is 3.21. The van der Waals surface area contributed by atoms with Crippen molar-refractivity contribution in [1.29, 1.82) is 0 Å². The quantitative estimate of drug-likeness (QED) is 0.666. The Morgan fingerprint density at radius 3 is 2.92 bits per heavy atom. The average molecular weight is 345 g/mol. The number of amides is 1. The molecule has 0 saturated heterocycles. The summed E-state index contributed by atoms with van der Waals surface area (Å²) < 4.78 is 7.11. The zero-order chi connectivity index (χ0) is 17.1. The number of aryl methyl sites for hydroxylation is 2. The standard InChI is InChI=1S/C16H19N5O2S/c1-21-12-9-11(23-2)6-5-10(12)8-13(21)15(22)18-7-3-4-14-19-20-16(17)24-14/h5-6,8-9H,3-4,7H2,1-2H3,(H2,17,20)(H,18,22). The van der Waals surface area contributed by atoms with Gasteiger partial charge >= 0.3 is 0 Å². The molecular weight excluding hydrogens is 326 g/mol. The van der Waals surface area contributed by atoms with Gasteiger partial charge in [0.2, 0.25) is 5.13 Å². The molecule has 3 aromatic rings. The van der Waals surface area contributed by atoms with Gasteiger partial charge in [-0.15, -0.1) is 10.2 Å². The second-order valence-corrected chi connectivity index (χ2v) is 6.50. The van der Waals surface area contributed by atoms with Gasteiger partial charge in [0.25, 0.3) is 5.91 Å². The number of aromatic nitrogens is 3. The number of anilines is 1. The van der Waals surface area contributed by atoms with Gasteiger partial charge in [0.1, 0.15) is 16.5 Å². The lowest BCUT2D eigenvalue weighted by Gasteiger charge is -2.06. The largest absolute Gasteiger partial charge is 0.497 e. The lowest BCUT2D eigenvalue weighted by atomic mass is 10.2. The fraction of sp³-hybridized carbons (Fsp3) is 0.312. The van der Waals surface area contributed by atoms with Gasteiger partial charge in [-0.05, 0) is 24.6 Å². The zero-order valence-corrected chi connectivity index (χ0v) is 14.4. The van der Waals surface area contributed by atoms with Crippen LogP contribution in [0.15, 0.2) is 24.3 Å². The Bertz CT molecular complexity index is 871. The van der Waals surface area contributed by atoms with E-state index in [1.54, 1.807) is 7.11 Å². The number of nitrogen functional groups attached to an aromatic ring is 1. The Hall–Kier alpha value is -2.61. The van der Waals surface area contributed by atoms with E-state index in [0.717, 1.165) is 34.5 Å². The molecule has 3 rings (SSSR count). The molecule has 0 fully saturated rings. The van der Waals surface area contributed by atoms with Crippen molar-refractivity contribution in [2.75, 3.05) is 19.4 Å². The summed E-state index contributed by atoms with van der Waals surface area (Å²) in [4.78, 5) is 12.4. The van der Waals surface area contributed by atoms with Crippen molar-refractivity contribution in [3.8, 4) is 5.75 Å². The molecule has 3 N–H and O–H groups in total. The summed E-state index contributed by atoms with van der Waals surface area (Å²) in [5.41, 5.74) is 7.13. The van der Waals surface area contributed by atoms with E-state index in [-0.39, 0.29) is 5.91 Å². The number of fused-ring (bicyclic) bond motifs is 1. The van der Waals surface area contributed by atoms with E-state index < -0.39 is 0 Å². The molecule has 1 amide bonds. The third-order valence-electron chi connectivity index (χ3n) is 3.82. The summed E-state index contributed by atoms with van der Waals surface area (Å²) in [5, 5.41) is 13.0. The van der Waals surface area contributed by atoms with E-state index in [1.807, 2.05) is 35.9 Å². The van der Waals surface area contributed by atoms with Gasteiger partial charge in [0.05, 0.1) is 12.6 Å². The fourth-order valence-electron chi connectivity index (χ4n) is 2.55. The molecule has 7 nitrogen and oxygen atoms in total. The molecule has 8 heteroatoms. The summed E-state index contributed by atoms with van der Waals surface area (Å²) in [6, 6.07) is 7.64. The third-order valence-corrected chi connectivity index (χ3v) is 4.63. The van der Waals surface area contributed by atoms with Crippen LogP contribution in [-0.4, -0.2) is 34.3 Å². The third kappa shape index (κ3) is 3.33. The molecule has 24 heavy (non-hydrogen) atoms. The van der Waals surface area contributed by atoms with Crippen molar-refractivity contribution in [2.24, 2.45) is 7.05 Å². The van der Waals surface area contributed by atoms with Crippen molar-refractivity contribution in [2.45, 2.75) is 12.8 Å². The molecule has 2 heterocycles. The van der Waals surface area contributed by atoms with E-state index in [9.17, 15) is 4.79 Å². The number of methoxy groups -OCH3 is 1. The van der Waals surface area contributed by atoms with E-state index in [0.29, 0.717) is 17.4 Å². The summed E-state index contributed by atoms with van der Waals surface area (Å²) in [6.07, 6.45) is 1.54. The Labute approximate surface area is 143 Å². The number of ether oxygens (including phenoxy) is 1. The highest BCUT2D eigenvalue weighted by Gasteiger charge is 2.13. The molecule has 0 atom stereocenters. The van der Waals surface area contributed by atoms with Crippen molar-refractivity contribution < 1.29 is 9.53 Å². The van der Waals surface area contributed by atoms with Crippen LogP contribution in [0.5, 0.6) is 5.75 Å². The molecule has 0 bridgehead atoms. The SMILES string of the molecule is COc1ccc2cc(C(=O)NCCCc3nnc(N)s3)n(C)c2c1. The van der Waals surface area contributed by atoms with E-state index in [1.165, 1.54) is 11.3 Å². The second kappa shape index (κ2) is 6.88. The first-order valence-corrected chi connectivity index (χ1v) is 8.39.